The molecule has 124 valence electrons. The first-order valence-electron chi connectivity index (χ1n) is 7.68. The molecule has 1 aromatic carbocycles. The lowest BCUT2D eigenvalue weighted by Gasteiger charge is -2.19. The van der Waals surface area contributed by atoms with Gasteiger partial charge in [0.1, 0.15) is 0 Å². The van der Waals surface area contributed by atoms with Crippen molar-refractivity contribution in [3.63, 3.8) is 0 Å². The van der Waals surface area contributed by atoms with E-state index >= 15 is 0 Å². The molecule has 2 amide bonds. The molecule has 0 aromatic heterocycles. The third-order valence-electron chi connectivity index (χ3n) is 4.14. The summed E-state index contributed by atoms with van der Waals surface area (Å²) in [6.07, 6.45) is 0.903. The third kappa shape index (κ3) is 4.31. The molecule has 2 rings (SSSR count). The van der Waals surface area contributed by atoms with Crippen LogP contribution in [0.1, 0.15) is 30.6 Å². The predicted octanol–water partition coefficient (Wildman–Crippen LogP) is 2.07. The van der Waals surface area contributed by atoms with Crippen LogP contribution in [0, 0.1) is 17.8 Å². The van der Waals surface area contributed by atoms with E-state index in [4.69, 9.17) is 5.11 Å². The van der Waals surface area contributed by atoms with Crippen molar-refractivity contribution in [2.45, 2.75) is 20.3 Å². The Kier molecular flexibility index (Phi) is 5.03. The van der Waals surface area contributed by atoms with E-state index in [1.54, 1.807) is 38.2 Å². The van der Waals surface area contributed by atoms with Crippen molar-refractivity contribution in [3.05, 3.63) is 29.8 Å². The number of carbonyl (C=O) groups is 3. The summed E-state index contributed by atoms with van der Waals surface area (Å²) in [6, 6.07) is 6.71. The fraction of sp³-hybridized carbons (Fsp3) is 0.471. The monoisotopic (exact) mass is 318 g/mol. The molecule has 1 fully saturated rings. The van der Waals surface area contributed by atoms with Crippen LogP contribution in [-0.4, -0.2) is 41.4 Å². The van der Waals surface area contributed by atoms with E-state index < -0.39 is 11.9 Å². The maximum absolute atomic E-state index is 12.4. The van der Waals surface area contributed by atoms with E-state index in [0.29, 0.717) is 17.2 Å². The summed E-state index contributed by atoms with van der Waals surface area (Å²) in [5, 5.41) is 11.7. The highest BCUT2D eigenvalue weighted by molar-refractivity contribution is 5.98. The fourth-order valence-electron chi connectivity index (χ4n) is 2.44. The van der Waals surface area contributed by atoms with Crippen LogP contribution in [0.3, 0.4) is 0 Å². The number of nitrogens with one attached hydrogen (secondary N) is 1. The number of anilines is 1. The van der Waals surface area contributed by atoms with E-state index in [0.717, 1.165) is 6.42 Å². The lowest BCUT2D eigenvalue weighted by molar-refractivity contribution is -0.141. The molecule has 6 nitrogen and oxygen atoms in total. The molecule has 0 saturated heterocycles. The minimum absolute atomic E-state index is 0.0186. The molecule has 1 aliphatic carbocycles. The second-order valence-electron chi connectivity index (χ2n) is 6.31. The van der Waals surface area contributed by atoms with Crippen LogP contribution < -0.4 is 5.32 Å². The Balaban J connectivity index is 2.02. The Morgan fingerprint density at radius 2 is 2.04 bits per heavy atom. The number of nitrogens with zero attached hydrogens (tertiary/aromatic N) is 1. The van der Waals surface area contributed by atoms with Gasteiger partial charge in [0.15, 0.2) is 0 Å². The number of benzene rings is 1. The van der Waals surface area contributed by atoms with E-state index in [1.807, 2.05) is 6.92 Å². The van der Waals surface area contributed by atoms with Crippen LogP contribution in [0.15, 0.2) is 24.3 Å². The number of carboxylic acid groups (broad SMARTS) is 1. The zero-order valence-corrected chi connectivity index (χ0v) is 13.6. The maximum atomic E-state index is 12.4. The molecule has 6 heteroatoms. The van der Waals surface area contributed by atoms with Crippen LogP contribution in [0.4, 0.5) is 5.69 Å². The number of hydrogen-bond acceptors (Lipinski definition) is 3. The molecule has 23 heavy (non-hydrogen) atoms. The first kappa shape index (κ1) is 17.0. The van der Waals surface area contributed by atoms with Gasteiger partial charge in [0, 0.05) is 30.8 Å². The number of aliphatic carboxylic acids is 1. The van der Waals surface area contributed by atoms with Crippen LogP contribution in [-0.2, 0) is 9.59 Å². The molecule has 2 N–H and O–H groups in total. The zero-order valence-electron chi connectivity index (χ0n) is 13.6. The molecule has 0 aliphatic heterocycles. The first-order chi connectivity index (χ1) is 10.8. The SMILES string of the molecule is CC(CN(C)C(=O)c1cccc(NC(=O)C2CC2C)c1)C(=O)O. The molecule has 1 aromatic rings. The third-order valence-corrected chi connectivity index (χ3v) is 4.14. The van der Waals surface area contributed by atoms with Crippen LogP contribution in [0.25, 0.3) is 0 Å². The number of carboxylic acids is 1. The van der Waals surface area contributed by atoms with Gasteiger partial charge in [-0.3, -0.25) is 14.4 Å². The molecule has 1 saturated carbocycles. The van der Waals surface area contributed by atoms with Gasteiger partial charge in [-0.25, -0.2) is 0 Å². The van der Waals surface area contributed by atoms with Gasteiger partial charge in [-0.05, 0) is 30.5 Å². The number of rotatable bonds is 6. The summed E-state index contributed by atoms with van der Waals surface area (Å²) in [5.41, 5.74) is 1.01. The highest BCUT2D eigenvalue weighted by atomic mass is 16.4. The molecule has 3 atom stereocenters. The molecular formula is C17H22N2O4. The Bertz CT molecular complexity index is 629. The van der Waals surface area contributed by atoms with Gasteiger partial charge in [0.25, 0.3) is 5.91 Å². The smallest absolute Gasteiger partial charge is 0.308 e. The van der Waals surface area contributed by atoms with Gasteiger partial charge in [0.05, 0.1) is 5.92 Å². The summed E-state index contributed by atoms with van der Waals surface area (Å²) < 4.78 is 0. The van der Waals surface area contributed by atoms with E-state index in [-0.39, 0.29) is 24.3 Å². The normalized spacial score (nSPS) is 20.5. The van der Waals surface area contributed by atoms with Gasteiger partial charge in [-0.2, -0.15) is 0 Å². The van der Waals surface area contributed by atoms with Crippen LogP contribution >= 0.6 is 0 Å². The molecule has 0 spiro atoms. The standard InChI is InChI=1S/C17H22N2O4/c1-10-7-14(10)15(20)18-13-6-4-5-12(8-13)16(21)19(3)9-11(2)17(22)23/h4-6,8,10-11,14H,7,9H2,1-3H3,(H,18,20)(H,22,23). The number of hydrogen-bond donors (Lipinski definition) is 2. The highest BCUT2D eigenvalue weighted by Crippen LogP contribution is 2.38. The zero-order chi connectivity index (χ0) is 17.1. The molecule has 0 bridgehead atoms. The highest BCUT2D eigenvalue weighted by Gasteiger charge is 2.39. The molecule has 3 unspecified atom stereocenters. The molecule has 0 heterocycles. The Hall–Kier alpha value is -2.37. The number of amides is 2. The lowest BCUT2D eigenvalue weighted by Crippen LogP contribution is -2.33. The average Bonchev–Trinajstić information content (AvgIpc) is 3.23. The van der Waals surface area contributed by atoms with Crippen molar-refractivity contribution in [3.8, 4) is 0 Å². The fourth-order valence-corrected chi connectivity index (χ4v) is 2.44. The van der Waals surface area contributed by atoms with E-state index in [9.17, 15) is 14.4 Å². The average molecular weight is 318 g/mol. The van der Waals surface area contributed by atoms with Crippen molar-refractivity contribution in [1.82, 2.24) is 4.90 Å². The van der Waals surface area contributed by atoms with Gasteiger partial charge in [-0.15, -0.1) is 0 Å². The first-order valence-corrected chi connectivity index (χ1v) is 7.68. The topological polar surface area (TPSA) is 86.7 Å². The minimum Gasteiger partial charge on any atom is -0.481 e. The van der Waals surface area contributed by atoms with Crippen LogP contribution in [0.5, 0.6) is 0 Å². The van der Waals surface area contributed by atoms with Crippen LogP contribution in [0.2, 0.25) is 0 Å². The van der Waals surface area contributed by atoms with Crippen molar-refractivity contribution in [1.29, 1.82) is 0 Å². The summed E-state index contributed by atoms with van der Waals surface area (Å²) in [4.78, 5) is 36.6. The maximum Gasteiger partial charge on any atom is 0.308 e. The molecule has 0 radical (unpaired) electrons. The van der Waals surface area contributed by atoms with Gasteiger partial charge in [0.2, 0.25) is 5.91 Å². The lowest BCUT2D eigenvalue weighted by atomic mass is 10.1. The summed E-state index contributed by atoms with van der Waals surface area (Å²) in [5.74, 6) is -1.38. The number of carbonyl (C=O) groups excluding carboxylic acids is 2. The quantitative estimate of drug-likeness (QED) is 0.840. The van der Waals surface area contributed by atoms with Gasteiger partial charge in [-0.1, -0.05) is 19.9 Å². The van der Waals surface area contributed by atoms with Gasteiger partial charge >= 0.3 is 5.97 Å². The summed E-state index contributed by atoms with van der Waals surface area (Å²) in [7, 11) is 1.57. The summed E-state index contributed by atoms with van der Waals surface area (Å²) in [6.45, 7) is 3.71. The Labute approximate surface area is 135 Å². The van der Waals surface area contributed by atoms with Gasteiger partial charge < -0.3 is 15.3 Å². The predicted molar refractivity (Wildman–Crippen MR) is 86.1 cm³/mol. The van der Waals surface area contributed by atoms with E-state index in [2.05, 4.69) is 5.32 Å². The second-order valence-corrected chi connectivity index (χ2v) is 6.31. The van der Waals surface area contributed by atoms with E-state index in [1.165, 1.54) is 4.90 Å². The summed E-state index contributed by atoms with van der Waals surface area (Å²) >= 11 is 0. The van der Waals surface area contributed by atoms with Crippen molar-refractivity contribution in [2.24, 2.45) is 17.8 Å². The second kappa shape index (κ2) is 6.81. The van der Waals surface area contributed by atoms with Crippen molar-refractivity contribution >= 4 is 23.5 Å². The molecule has 1 aliphatic rings. The Morgan fingerprint density at radius 1 is 1.39 bits per heavy atom. The van der Waals surface area contributed by atoms with Crippen molar-refractivity contribution < 1.29 is 19.5 Å². The molecular weight excluding hydrogens is 296 g/mol. The Morgan fingerprint density at radius 3 is 2.61 bits per heavy atom. The van der Waals surface area contributed by atoms with Crippen molar-refractivity contribution in [2.75, 3.05) is 18.9 Å². The minimum atomic E-state index is -0.941. The largest absolute Gasteiger partial charge is 0.481 e.